The number of nitrogens with zero attached hydrogens (tertiary/aromatic N) is 1. The lowest BCUT2D eigenvalue weighted by atomic mass is 9.75. The van der Waals surface area contributed by atoms with Crippen molar-refractivity contribution >= 4 is 0 Å². The minimum atomic E-state index is 0.281. The van der Waals surface area contributed by atoms with Crippen molar-refractivity contribution in [2.75, 3.05) is 26.2 Å². The summed E-state index contributed by atoms with van der Waals surface area (Å²) in [5, 5.41) is 0. The number of ether oxygens (including phenoxy) is 1. The van der Waals surface area contributed by atoms with Crippen molar-refractivity contribution in [2.24, 2.45) is 11.7 Å². The Balaban J connectivity index is 2.01. The molecule has 2 rings (SSSR count). The van der Waals surface area contributed by atoms with Gasteiger partial charge in [0.05, 0.1) is 12.7 Å². The average molecular weight is 240 g/mol. The fourth-order valence-corrected chi connectivity index (χ4v) is 3.35. The van der Waals surface area contributed by atoms with Crippen LogP contribution in [0.4, 0.5) is 0 Å². The molecule has 0 aromatic heterocycles. The molecule has 0 aromatic carbocycles. The van der Waals surface area contributed by atoms with Crippen molar-refractivity contribution in [3.8, 4) is 0 Å². The summed E-state index contributed by atoms with van der Waals surface area (Å²) in [4.78, 5) is 2.64. The zero-order valence-electron chi connectivity index (χ0n) is 11.5. The first-order chi connectivity index (χ1) is 8.20. The second-order valence-electron chi connectivity index (χ2n) is 5.96. The van der Waals surface area contributed by atoms with E-state index in [0.717, 1.165) is 38.6 Å². The van der Waals surface area contributed by atoms with E-state index in [0.29, 0.717) is 6.10 Å². The fourth-order valence-electron chi connectivity index (χ4n) is 3.35. The molecule has 0 bridgehead atoms. The van der Waals surface area contributed by atoms with Gasteiger partial charge in [-0.05, 0) is 38.0 Å². The molecule has 3 heteroatoms. The molecule has 0 amide bonds. The Morgan fingerprint density at radius 1 is 1.35 bits per heavy atom. The Labute approximate surface area is 106 Å². The summed E-state index contributed by atoms with van der Waals surface area (Å²) in [6.07, 6.45) is 6.78. The van der Waals surface area contributed by atoms with Gasteiger partial charge in [-0.25, -0.2) is 0 Å². The smallest absolute Gasteiger partial charge is 0.0700 e. The highest BCUT2D eigenvalue weighted by Crippen LogP contribution is 2.36. The number of nitrogens with two attached hydrogens (primary N) is 1. The van der Waals surface area contributed by atoms with Gasteiger partial charge in [0.1, 0.15) is 0 Å². The van der Waals surface area contributed by atoms with E-state index in [4.69, 9.17) is 10.5 Å². The van der Waals surface area contributed by atoms with E-state index < -0.39 is 0 Å². The minimum Gasteiger partial charge on any atom is -0.376 e. The van der Waals surface area contributed by atoms with Crippen molar-refractivity contribution in [2.45, 2.75) is 57.6 Å². The quantitative estimate of drug-likeness (QED) is 0.820. The monoisotopic (exact) mass is 240 g/mol. The predicted octanol–water partition coefficient (Wildman–Crippen LogP) is 2.00. The number of morpholine rings is 1. The van der Waals surface area contributed by atoms with E-state index in [1.807, 2.05) is 0 Å². The van der Waals surface area contributed by atoms with Crippen LogP contribution in [0.25, 0.3) is 0 Å². The van der Waals surface area contributed by atoms with Crippen LogP contribution in [-0.2, 0) is 4.74 Å². The van der Waals surface area contributed by atoms with Gasteiger partial charge in [-0.3, -0.25) is 4.90 Å². The highest BCUT2D eigenvalue weighted by Gasteiger charge is 2.40. The molecular formula is C14H28N2O. The van der Waals surface area contributed by atoms with E-state index in [-0.39, 0.29) is 5.54 Å². The average Bonchev–Trinajstić information content (AvgIpc) is 2.40. The molecule has 1 saturated heterocycles. The van der Waals surface area contributed by atoms with Crippen LogP contribution in [0.2, 0.25) is 0 Å². The van der Waals surface area contributed by atoms with E-state index in [1.165, 1.54) is 25.7 Å². The van der Waals surface area contributed by atoms with Gasteiger partial charge < -0.3 is 10.5 Å². The minimum absolute atomic E-state index is 0.281. The third-order valence-electron chi connectivity index (χ3n) is 4.85. The Kier molecular flexibility index (Phi) is 4.45. The molecule has 1 atom stereocenters. The predicted molar refractivity (Wildman–Crippen MR) is 71.0 cm³/mol. The van der Waals surface area contributed by atoms with Gasteiger partial charge in [-0.15, -0.1) is 0 Å². The van der Waals surface area contributed by atoms with Crippen LogP contribution in [0.15, 0.2) is 0 Å². The molecule has 1 unspecified atom stereocenters. The SMILES string of the molecule is CCC1CN(C2(CN)CCC(C)CC2)CCO1. The van der Waals surface area contributed by atoms with E-state index in [1.54, 1.807) is 0 Å². The van der Waals surface area contributed by atoms with Gasteiger partial charge in [0.25, 0.3) is 0 Å². The Morgan fingerprint density at radius 3 is 2.65 bits per heavy atom. The zero-order valence-corrected chi connectivity index (χ0v) is 11.5. The highest BCUT2D eigenvalue weighted by atomic mass is 16.5. The van der Waals surface area contributed by atoms with Crippen LogP contribution in [0.1, 0.15) is 46.0 Å². The lowest BCUT2D eigenvalue weighted by molar-refractivity contribution is -0.0806. The molecule has 0 spiro atoms. The summed E-state index contributed by atoms with van der Waals surface area (Å²) in [7, 11) is 0. The maximum absolute atomic E-state index is 6.12. The largest absolute Gasteiger partial charge is 0.376 e. The van der Waals surface area contributed by atoms with Crippen molar-refractivity contribution in [1.29, 1.82) is 0 Å². The molecule has 1 aliphatic carbocycles. The fraction of sp³-hybridized carbons (Fsp3) is 1.00. The van der Waals surface area contributed by atoms with E-state index in [2.05, 4.69) is 18.7 Å². The van der Waals surface area contributed by atoms with Crippen LogP contribution < -0.4 is 5.73 Å². The lowest BCUT2D eigenvalue weighted by Gasteiger charge is -2.50. The Morgan fingerprint density at radius 2 is 2.06 bits per heavy atom. The highest BCUT2D eigenvalue weighted by molar-refractivity contribution is 4.97. The molecule has 2 aliphatic rings. The molecule has 0 radical (unpaired) electrons. The molecule has 2 N–H and O–H groups in total. The Hall–Kier alpha value is -0.120. The first-order valence-electron chi connectivity index (χ1n) is 7.27. The first-order valence-corrected chi connectivity index (χ1v) is 7.27. The third-order valence-corrected chi connectivity index (χ3v) is 4.85. The van der Waals surface area contributed by atoms with E-state index >= 15 is 0 Å². The standard InChI is InChI=1S/C14H28N2O/c1-3-13-10-16(8-9-17-13)14(11-15)6-4-12(2)5-7-14/h12-13H,3-11,15H2,1-2H3. The van der Waals surface area contributed by atoms with Gasteiger partial charge in [-0.1, -0.05) is 13.8 Å². The van der Waals surface area contributed by atoms with Gasteiger partial charge in [-0.2, -0.15) is 0 Å². The maximum atomic E-state index is 6.12. The van der Waals surface area contributed by atoms with Crippen LogP contribution in [0.5, 0.6) is 0 Å². The van der Waals surface area contributed by atoms with Crippen LogP contribution >= 0.6 is 0 Å². The summed E-state index contributed by atoms with van der Waals surface area (Å²) in [6, 6.07) is 0. The summed E-state index contributed by atoms with van der Waals surface area (Å²) in [5.74, 6) is 0.887. The van der Waals surface area contributed by atoms with Crippen molar-refractivity contribution in [3.63, 3.8) is 0 Å². The number of hydrogen-bond donors (Lipinski definition) is 1. The topological polar surface area (TPSA) is 38.5 Å². The summed E-state index contributed by atoms with van der Waals surface area (Å²) >= 11 is 0. The molecule has 17 heavy (non-hydrogen) atoms. The van der Waals surface area contributed by atoms with Gasteiger partial charge >= 0.3 is 0 Å². The molecule has 0 aromatic rings. The van der Waals surface area contributed by atoms with Crippen LogP contribution in [-0.4, -0.2) is 42.8 Å². The van der Waals surface area contributed by atoms with Crippen LogP contribution in [0.3, 0.4) is 0 Å². The van der Waals surface area contributed by atoms with E-state index in [9.17, 15) is 0 Å². The van der Waals surface area contributed by atoms with Crippen molar-refractivity contribution < 1.29 is 4.74 Å². The van der Waals surface area contributed by atoms with Crippen molar-refractivity contribution in [1.82, 2.24) is 4.90 Å². The second-order valence-corrected chi connectivity index (χ2v) is 5.96. The Bertz CT molecular complexity index is 236. The summed E-state index contributed by atoms with van der Waals surface area (Å²) in [6.45, 7) is 8.44. The first kappa shape index (κ1) is 13.3. The zero-order chi connectivity index (χ0) is 12.3. The third kappa shape index (κ3) is 2.83. The van der Waals surface area contributed by atoms with Gasteiger partial charge in [0, 0.05) is 25.2 Å². The molecule has 100 valence electrons. The summed E-state index contributed by atoms with van der Waals surface area (Å²) in [5.41, 5.74) is 6.40. The molecule has 3 nitrogen and oxygen atoms in total. The van der Waals surface area contributed by atoms with Gasteiger partial charge in [0.2, 0.25) is 0 Å². The summed E-state index contributed by atoms with van der Waals surface area (Å²) < 4.78 is 5.78. The van der Waals surface area contributed by atoms with Gasteiger partial charge in [0.15, 0.2) is 0 Å². The normalized spacial score (nSPS) is 40.4. The number of hydrogen-bond acceptors (Lipinski definition) is 3. The molecular weight excluding hydrogens is 212 g/mol. The van der Waals surface area contributed by atoms with Crippen molar-refractivity contribution in [3.05, 3.63) is 0 Å². The molecule has 1 heterocycles. The van der Waals surface area contributed by atoms with Crippen LogP contribution in [0, 0.1) is 5.92 Å². The molecule has 1 aliphatic heterocycles. The number of rotatable bonds is 3. The molecule has 2 fully saturated rings. The molecule has 1 saturated carbocycles. The second kappa shape index (κ2) is 5.68. The maximum Gasteiger partial charge on any atom is 0.0700 e. The lowest BCUT2D eigenvalue weighted by Crippen LogP contribution is -2.60.